The topological polar surface area (TPSA) is 136 Å². The molecule has 2 spiro atoms. The van der Waals surface area contributed by atoms with E-state index in [1.54, 1.807) is 0 Å². The number of hydrogen-bond donors (Lipinski definition) is 2. The molecular formula is C42H48BBrN2O10. The fraction of sp³-hybridized carbons (Fsp3) is 0.571. The molecule has 56 heavy (non-hydrogen) atoms. The molecule has 3 saturated heterocycles. The van der Waals surface area contributed by atoms with Gasteiger partial charge in [-0.1, -0.05) is 42.5 Å². The number of amides is 2. The van der Waals surface area contributed by atoms with Gasteiger partial charge in [-0.3, -0.25) is 0 Å². The summed E-state index contributed by atoms with van der Waals surface area (Å²) in [5.41, 5.74) is 4.14. The van der Waals surface area contributed by atoms with Crippen LogP contribution >= 0.6 is 15.9 Å². The lowest BCUT2D eigenvalue weighted by molar-refractivity contribution is -0.0471. The van der Waals surface area contributed by atoms with Gasteiger partial charge in [0.15, 0.2) is 0 Å². The van der Waals surface area contributed by atoms with E-state index in [1.807, 2.05) is 61.8 Å². The Morgan fingerprint density at radius 2 is 1.20 bits per heavy atom. The number of hydrogen-bond acceptors (Lipinski definition) is 10. The van der Waals surface area contributed by atoms with Gasteiger partial charge in [-0.05, 0) is 86.5 Å². The Hall–Kier alpha value is -3.56. The minimum atomic E-state index is -0.707. The molecule has 10 atom stereocenters. The van der Waals surface area contributed by atoms with Gasteiger partial charge in [0.05, 0.1) is 29.9 Å². The summed E-state index contributed by atoms with van der Waals surface area (Å²) < 4.78 is 36.6. The zero-order chi connectivity index (χ0) is 39.3. The van der Waals surface area contributed by atoms with E-state index in [-0.39, 0.29) is 53.0 Å². The summed E-state index contributed by atoms with van der Waals surface area (Å²) >= 11 is 3.60. The van der Waals surface area contributed by atoms with Crippen LogP contribution in [0.5, 0.6) is 11.5 Å². The molecule has 0 radical (unpaired) electrons. The van der Waals surface area contributed by atoms with Crippen LogP contribution in [0.3, 0.4) is 0 Å². The van der Waals surface area contributed by atoms with Crippen molar-refractivity contribution < 1.29 is 48.1 Å². The lowest BCUT2D eigenvalue weighted by atomic mass is 9.53. The number of likely N-dealkylation sites (tertiary alicyclic amines) is 2. The quantitative estimate of drug-likeness (QED) is 0.316. The molecule has 2 aromatic rings. The van der Waals surface area contributed by atoms with E-state index in [0.29, 0.717) is 19.5 Å². The minimum absolute atomic E-state index is 0.0211. The van der Waals surface area contributed by atoms with Crippen molar-refractivity contribution in [3.05, 3.63) is 75.3 Å². The fourth-order valence-corrected chi connectivity index (χ4v) is 12.4. The Balaban J connectivity index is 0.000000143. The molecule has 2 unspecified atom stereocenters. The summed E-state index contributed by atoms with van der Waals surface area (Å²) in [4.78, 5) is 28.5. The van der Waals surface area contributed by atoms with Crippen molar-refractivity contribution in [2.75, 3.05) is 27.3 Å². The van der Waals surface area contributed by atoms with E-state index in [4.69, 9.17) is 28.3 Å². The van der Waals surface area contributed by atoms with Gasteiger partial charge in [-0.2, -0.15) is 0 Å². The van der Waals surface area contributed by atoms with Crippen molar-refractivity contribution >= 4 is 40.7 Å². The highest BCUT2D eigenvalue weighted by Crippen LogP contribution is 2.63. The van der Waals surface area contributed by atoms with Crippen molar-refractivity contribution in [2.24, 2.45) is 11.8 Å². The van der Waals surface area contributed by atoms with Crippen LogP contribution in [0.1, 0.15) is 62.8 Å². The number of rotatable bonds is 1. The molecule has 9 aliphatic rings. The number of carbonyl (C=O) groups is 2. The van der Waals surface area contributed by atoms with Crippen LogP contribution in [-0.2, 0) is 42.5 Å². The maximum Gasteiger partial charge on any atom is 0.498 e. The molecule has 0 saturated carbocycles. The number of piperidine rings is 2. The third-order valence-corrected chi connectivity index (χ3v) is 15.7. The SMILES string of the molecule is COC(=O)N1CC[C@]23c4c5ccc(B6OC(C)(C)C(C)(C)O6)c4O[C@H]2[C@@H](O)C=C[C@H]3C1C5.COC(=O)N1CC[C@]23c4c5ccc(Br)c4O[C@H]2[C@@H](O)C=C[C@H]3C1C5. The van der Waals surface area contributed by atoms with Gasteiger partial charge in [-0.25, -0.2) is 9.59 Å². The largest absolute Gasteiger partial charge is 0.498 e. The second-order valence-corrected chi connectivity index (χ2v) is 18.7. The molecule has 2 N–H and O–H groups in total. The van der Waals surface area contributed by atoms with Crippen LogP contribution in [0, 0.1) is 11.8 Å². The predicted octanol–water partition coefficient (Wildman–Crippen LogP) is 4.32. The monoisotopic (exact) mass is 830 g/mol. The fourth-order valence-electron chi connectivity index (χ4n) is 12.0. The molecule has 5 aliphatic heterocycles. The van der Waals surface area contributed by atoms with E-state index < -0.39 is 36.6 Å². The summed E-state index contributed by atoms with van der Waals surface area (Å²) in [6, 6.07) is 8.29. The first kappa shape index (κ1) is 36.8. The zero-order valence-corrected chi connectivity index (χ0v) is 34.1. The van der Waals surface area contributed by atoms with Crippen LogP contribution in [0.4, 0.5) is 9.59 Å². The first-order valence-electron chi connectivity index (χ1n) is 19.8. The van der Waals surface area contributed by atoms with E-state index in [0.717, 1.165) is 40.7 Å². The van der Waals surface area contributed by atoms with Crippen LogP contribution in [0.25, 0.3) is 0 Å². The van der Waals surface area contributed by atoms with E-state index in [9.17, 15) is 19.8 Å². The first-order chi connectivity index (χ1) is 26.7. The Labute approximate surface area is 335 Å². The number of halogens is 1. The summed E-state index contributed by atoms with van der Waals surface area (Å²) in [5, 5.41) is 21.5. The van der Waals surface area contributed by atoms with Crippen LogP contribution in [0.15, 0.2) is 53.0 Å². The number of ether oxygens (including phenoxy) is 4. The van der Waals surface area contributed by atoms with E-state index >= 15 is 0 Å². The number of aliphatic hydroxyl groups is 2. The Kier molecular flexibility index (Phi) is 8.03. The molecule has 0 aromatic heterocycles. The second-order valence-electron chi connectivity index (χ2n) is 17.8. The standard InChI is InChI=1S/C24H30BNO6.C18H18BrNO4/c1-22(2)23(3,4)32-25(31-22)15-8-6-13-12-16-14-7-9-17(27)20-24(14,18(13)19(15)30-20)10-11-26(16)21(28)29-5;1-23-17(22)20-7-6-18-10-3-5-13(21)16(18)24-15-11(19)4-2-9(14(15)18)8-12(10)20/h6-9,14,16-17,20,27H,10-12H2,1-5H3;2-5,10,12-13,16,21H,6-8H2,1H3/t14-,16?,17-,20-,24-;10-,12?,13-,16-,18-/m00/s1. The van der Waals surface area contributed by atoms with Crippen LogP contribution in [0.2, 0.25) is 0 Å². The summed E-state index contributed by atoms with van der Waals surface area (Å²) in [6.07, 6.45) is 8.23. The maximum absolute atomic E-state index is 12.5. The number of aliphatic hydroxyl groups excluding tert-OH is 2. The van der Waals surface area contributed by atoms with Crippen molar-refractivity contribution in [2.45, 2.75) is 112 Å². The Bertz CT molecular complexity index is 2090. The molecule has 14 heteroatoms. The zero-order valence-electron chi connectivity index (χ0n) is 32.5. The Morgan fingerprint density at radius 3 is 1.70 bits per heavy atom. The molecule has 5 heterocycles. The molecule has 12 nitrogen and oxygen atoms in total. The van der Waals surface area contributed by atoms with Gasteiger partial charge >= 0.3 is 19.3 Å². The van der Waals surface area contributed by atoms with Gasteiger partial charge in [0.25, 0.3) is 0 Å². The minimum Gasteiger partial charge on any atom is -0.486 e. The van der Waals surface area contributed by atoms with Crippen LogP contribution < -0.4 is 14.9 Å². The van der Waals surface area contributed by atoms with Gasteiger partial charge in [0.2, 0.25) is 0 Å². The number of carbonyl (C=O) groups excluding carboxylic acids is 2. The van der Waals surface area contributed by atoms with Crippen molar-refractivity contribution in [1.29, 1.82) is 0 Å². The third kappa shape index (κ3) is 4.62. The normalized spacial score (nSPS) is 37.4. The van der Waals surface area contributed by atoms with Gasteiger partial charge in [0.1, 0.15) is 35.9 Å². The molecule has 3 fully saturated rings. The molecule has 4 bridgehead atoms. The van der Waals surface area contributed by atoms with Gasteiger partial charge in [0, 0.05) is 64.4 Å². The van der Waals surface area contributed by atoms with Gasteiger partial charge in [-0.15, -0.1) is 0 Å². The molecule has 11 rings (SSSR count). The smallest absolute Gasteiger partial charge is 0.486 e. The van der Waals surface area contributed by atoms with Crippen molar-refractivity contribution in [1.82, 2.24) is 9.80 Å². The van der Waals surface area contributed by atoms with Crippen molar-refractivity contribution in [3.8, 4) is 11.5 Å². The highest BCUT2D eigenvalue weighted by molar-refractivity contribution is 9.10. The number of nitrogens with zero attached hydrogens (tertiary/aromatic N) is 2. The molecular weight excluding hydrogens is 783 g/mol. The second kappa shape index (κ2) is 12.2. The number of benzene rings is 2. The highest BCUT2D eigenvalue weighted by Gasteiger charge is 2.67. The maximum atomic E-state index is 12.5. The van der Waals surface area contributed by atoms with E-state index in [1.165, 1.54) is 36.5 Å². The van der Waals surface area contributed by atoms with Gasteiger partial charge < -0.3 is 48.3 Å². The average molecular weight is 832 g/mol. The van der Waals surface area contributed by atoms with Crippen molar-refractivity contribution in [3.63, 3.8) is 0 Å². The molecule has 2 aromatic carbocycles. The summed E-state index contributed by atoms with van der Waals surface area (Å²) in [5.74, 6) is 1.87. The summed E-state index contributed by atoms with van der Waals surface area (Å²) in [7, 11) is 2.33. The first-order valence-corrected chi connectivity index (χ1v) is 20.6. The third-order valence-electron chi connectivity index (χ3n) is 15.1. The Morgan fingerprint density at radius 1 is 0.732 bits per heavy atom. The molecule has 296 valence electrons. The van der Waals surface area contributed by atoms with E-state index in [2.05, 4.69) is 40.2 Å². The molecule has 2 amide bonds. The predicted molar refractivity (Wildman–Crippen MR) is 208 cm³/mol. The van der Waals surface area contributed by atoms with Crippen LogP contribution in [-0.4, -0.2) is 114 Å². The number of methoxy groups -OCH3 is 2. The molecule has 4 aliphatic carbocycles. The summed E-state index contributed by atoms with van der Waals surface area (Å²) in [6.45, 7) is 9.37. The highest BCUT2D eigenvalue weighted by atomic mass is 79.9. The lowest BCUT2D eigenvalue weighted by Gasteiger charge is -2.56. The average Bonchev–Trinajstić information content (AvgIpc) is 3.78. The lowest BCUT2D eigenvalue weighted by Crippen LogP contribution is -2.66.